The van der Waals surface area contributed by atoms with Crippen LogP contribution in [0.3, 0.4) is 0 Å². The second-order valence-electron chi connectivity index (χ2n) is 7.14. The zero-order valence-corrected chi connectivity index (χ0v) is 15.0. The van der Waals surface area contributed by atoms with Gasteiger partial charge in [0.2, 0.25) is 0 Å². The predicted molar refractivity (Wildman–Crippen MR) is 103 cm³/mol. The van der Waals surface area contributed by atoms with Crippen molar-refractivity contribution in [3.8, 4) is 0 Å². The summed E-state index contributed by atoms with van der Waals surface area (Å²) in [6.07, 6.45) is 6.93. The van der Waals surface area contributed by atoms with Crippen LogP contribution in [0, 0.1) is 11.8 Å². The van der Waals surface area contributed by atoms with E-state index in [4.69, 9.17) is 0 Å². The quantitative estimate of drug-likeness (QED) is 0.525. The van der Waals surface area contributed by atoms with E-state index < -0.39 is 11.8 Å². The highest BCUT2D eigenvalue weighted by molar-refractivity contribution is 6.17. The van der Waals surface area contributed by atoms with Gasteiger partial charge >= 0.3 is 0 Å². The Bertz CT molecular complexity index is 963. The lowest BCUT2D eigenvalue weighted by molar-refractivity contribution is -0.124. The molecule has 1 aliphatic carbocycles. The third kappa shape index (κ3) is 2.49. The van der Waals surface area contributed by atoms with E-state index in [1.54, 1.807) is 0 Å². The molecular weight excluding hydrogens is 352 g/mol. The largest absolute Gasteiger partial charge is 0.272 e. The fourth-order valence-electron chi connectivity index (χ4n) is 4.44. The number of benzene rings is 2. The molecule has 2 heterocycles. The average Bonchev–Trinajstić information content (AvgIpc) is 3.36. The van der Waals surface area contributed by atoms with E-state index in [0.717, 1.165) is 11.1 Å². The molecule has 6 heteroatoms. The Hall–Kier alpha value is -3.54. The van der Waals surface area contributed by atoms with Crippen molar-refractivity contribution in [2.24, 2.45) is 11.8 Å². The highest BCUT2D eigenvalue weighted by Gasteiger charge is 2.55. The lowest BCUT2D eigenvalue weighted by atomic mass is 9.68. The zero-order chi connectivity index (χ0) is 19.1. The maximum Gasteiger partial charge on any atom is 0.253 e. The van der Waals surface area contributed by atoms with Crippen LogP contribution in [-0.2, 0) is 9.59 Å². The fraction of sp³-hybridized carbons (Fsp3) is 0.182. The number of allylic oxidation sites excluding steroid dienone is 2. The lowest BCUT2D eigenvalue weighted by Gasteiger charge is -2.32. The van der Waals surface area contributed by atoms with Crippen LogP contribution in [0.1, 0.15) is 23.0 Å². The normalized spacial score (nSPS) is 26.5. The van der Waals surface area contributed by atoms with Crippen molar-refractivity contribution in [2.45, 2.75) is 11.8 Å². The minimum absolute atomic E-state index is 0.149. The minimum Gasteiger partial charge on any atom is -0.272 e. The number of imide groups is 1. The van der Waals surface area contributed by atoms with Crippen molar-refractivity contribution in [1.29, 1.82) is 0 Å². The van der Waals surface area contributed by atoms with Crippen LogP contribution in [0.25, 0.3) is 0 Å². The van der Waals surface area contributed by atoms with Gasteiger partial charge in [-0.05, 0) is 11.1 Å². The highest BCUT2D eigenvalue weighted by Crippen LogP contribution is 2.48. The molecule has 2 aromatic carbocycles. The molecule has 2 aliphatic rings. The van der Waals surface area contributed by atoms with E-state index in [2.05, 4.69) is 22.3 Å². The van der Waals surface area contributed by atoms with E-state index in [1.807, 2.05) is 60.7 Å². The van der Waals surface area contributed by atoms with Crippen LogP contribution in [0.2, 0.25) is 0 Å². The number of aromatic nitrogens is 3. The molecular formula is C22H18N4O2. The summed E-state index contributed by atoms with van der Waals surface area (Å²) < 4.78 is 1.38. The second-order valence-corrected chi connectivity index (χ2v) is 7.14. The predicted octanol–water partition coefficient (Wildman–Crippen LogP) is 2.65. The minimum atomic E-state index is -0.465. The molecule has 1 fully saturated rings. The van der Waals surface area contributed by atoms with Crippen molar-refractivity contribution < 1.29 is 9.59 Å². The van der Waals surface area contributed by atoms with E-state index in [-0.39, 0.29) is 23.7 Å². The molecule has 0 radical (unpaired) electrons. The Morgan fingerprint density at radius 1 is 0.643 bits per heavy atom. The van der Waals surface area contributed by atoms with Crippen molar-refractivity contribution >= 4 is 11.8 Å². The van der Waals surface area contributed by atoms with Crippen LogP contribution in [0.15, 0.2) is 85.5 Å². The first kappa shape index (κ1) is 16.6. The van der Waals surface area contributed by atoms with E-state index in [9.17, 15) is 9.59 Å². The van der Waals surface area contributed by atoms with Crippen LogP contribution >= 0.6 is 0 Å². The van der Waals surface area contributed by atoms with Gasteiger partial charge in [0.05, 0.1) is 11.8 Å². The summed E-state index contributed by atoms with van der Waals surface area (Å²) in [5.41, 5.74) is 2.07. The first-order valence-corrected chi connectivity index (χ1v) is 9.26. The number of hydrogen-bond acceptors (Lipinski definition) is 4. The molecule has 0 unspecified atom stereocenters. The lowest BCUT2D eigenvalue weighted by Crippen LogP contribution is -2.40. The molecule has 0 N–H and O–H groups in total. The van der Waals surface area contributed by atoms with Gasteiger partial charge in [-0.15, -0.1) is 10.2 Å². The van der Waals surface area contributed by atoms with Gasteiger partial charge in [0.15, 0.2) is 0 Å². The maximum atomic E-state index is 13.4. The summed E-state index contributed by atoms with van der Waals surface area (Å²) in [5.74, 6) is -1.66. The van der Waals surface area contributed by atoms with Gasteiger partial charge in [-0.25, -0.2) is 4.68 Å². The van der Waals surface area contributed by atoms with Crippen LogP contribution < -0.4 is 5.01 Å². The Labute approximate surface area is 162 Å². The third-order valence-corrected chi connectivity index (χ3v) is 5.68. The van der Waals surface area contributed by atoms with Gasteiger partial charge in [-0.1, -0.05) is 72.8 Å². The molecule has 3 aromatic rings. The van der Waals surface area contributed by atoms with Crippen molar-refractivity contribution in [3.05, 3.63) is 96.6 Å². The van der Waals surface area contributed by atoms with Gasteiger partial charge in [-0.2, -0.15) is 5.01 Å². The molecule has 28 heavy (non-hydrogen) atoms. The summed E-state index contributed by atoms with van der Waals surface area (Å²) in [5, 5.41) is 8.71. The number of carbonyl (C=O) groups is 2. The summed E-state index contributed by atoms with van der Waals surface area (Å²) in [6.45, 7) is 0. The molecule has 0 bridgehead atoms. The summed E-state index contributed by atoms with van der Waals surface area (Å²) in [7, 11) is 0. The summed E-state index contributed by atoms with van der Waals surface area (Å²) >= 11 is 0. The topological polar surface area (TPSA) is 68.1 Å². The smallest absolute Gasteiger partial charge is 0.253 e. The molecule has 4 atom stereocenters. The van der Waals surface area contributed by atoms with Gasteiger partial charge in [0, 0.05) is 11.8 Å². The van der Waals surface area contributed by atoms with E-state index in [0.29, 0.717) is 0 Å². The Morgan fingerprint density at radius 3 is 1.50 bits per heavy atom. The van der Waals surface area contributed by atoms with Crippen LogP contribution in [-0.4, -0.2) is 26.7 Å². The summed E-state index contributed by atoms with van der Waals surface area (Å²) in [6, 6.07) is 19.8. The first-order valence-electron chi connectivity index (χ1n) is 9.26. The van der Waals surface area contributed by atoms with E-state index in [1.165, 1.54) is 22.3 Å². The molecule has 1 aromatic heterocycles. The third-order valence-electron chi connectivity index (χ3n) is 5.68. The molecule has 6 nitrogen and oxygen atoms in total. The number of fused-ring (bicyclic) bond motifs is 1. The number of rotatable bonds is 3. The number of amides is 2. The zero-order valence-electron chi connectivity index (χ0n) is 15.0. The van der Waals surface area contributed by atoms with Crippen molar-refractivity contribution in [3.63, 3.8) is 0 Å². The maximum absolute atomic E-state index is 13.4. The first-order chi connectivity index (χ1) is 13.8. The fourth-order valence-corrected chi connectivity index (χ4v) is 4.44. The number of carbonyl (C=O) groups excluding carboxylic acids is 2. The molecule has 0 spiro atoms. The van der Waals surface area contributed by atoms with Crippen LogP contribution in [0.4, 0.5) is 0 Å². The Morgan fingerprint density at radius 2 is 1.07 bits per heavy atom. The molecule has 1 saturated heterocycles. The van der Waals surface area contributed by atoms with Crippen LogP contribution in [0.5, 0.6) is 0 Å². The van der Waals surface area contributed by atoms with Gasteiger partial charge in [0.25, 0.3) is 11.8 Å². The molecule has 0 saturated carbocycles. The van der Waals surface area contributed by atoms with Gasteiger partial charge in [0.1, 0.15) is 12.7 Å². The standard InChI is InChI=1S/C22H18N4O2/c27-21-19-17(15-7-3-1-4-8-15)11-12-18(16-9-5-2-6-10-16)20(19)22(28)26(21)25-13-23-24-14-25/h1-14,17-20H/t17-,18-,19+,20+/m0/s1. The van der Waals surface area contributed by atoms with Gasteiger partial charge in [-0.3, -0.25) is 9.59 Å². The second kappa shape index (κ2) is 6.56. The number of nitrogens with zero attached hydrogens (tertiary/aromatic N) is 4. The van der Waals surface area contributed by atoms with Crippen molar-refractivity contribution in [1.82, 2.24) is 14.9 Å². The van der Waals surface area contributed by atoms with Crippen molar-refractivity contribution in [2.75, 3.05) is 5.01 Å². The van der Waals surface area contributed by atoms with E-state index >= 15 is 0 Å². The monoisotopic (exact) mass is 370 g/mol. The highest BCUT2D eigenvalue weighted by atomic mass is 16.2. The summed E-state index contributed by atoms with van der Waals surface area (Å²) in [4.78, 5) is 26.8. The molecule has 1 aliphatic heterocycles. The molecule has 2 amide bonds. The molecule has 138 valence electrons. The van der Waals surface area contributed by atoms with Gasteiger partial charge < -0.3 is 0 Å². The Balaban J connectivity index is 1.64. The molecule has 5 rings (SSSR count). The Kier molecular flexibility index (Phi) is 3.90. The number of hydrogen-bond donors (Lipinski definition) is 0. The SMILES string of the molecule is O=C1[C@H]2[C@H](C(=O)N1n1cnnc1)[C@H](c1ccccc1)C=C[C@H]2c1ccccc1. The average molecular weight is 370 g/mol.